The fourth-order valence-corrected chi connectivity index (χ4v) is 1.85. The number of hydrogen-bond acceptors (Lipinski definition) is 7. The summed E-state index contributed by atoms with van der Waals surface area (Å²) in [6, 6.07) is 0. The van der Waals surface area contributed by atoms with Crippen LogP contribution in [0.2, 0.25) is 0 Å². The highest BCUT2D eigenvalue weighted by atomic mass is 31.2. The molecule has 5 N–H and O–H groups in total. The zero-order chi connectivity index (χ0) is 13.9. The van der Waals surface area contributed by atoms with Crippen LogP contribution in [-0.4, -0.2) is 62.4 Å². The molecule has 1 saturated heterocycles. The summed E-state index contributed by atoms with van der Waals surface area (Å²) in [5.74, 6) is 0. The monoisotopic (exact) mass is 285 g/mol. The lowest BCUT2D eigenvalue weighted by molar-refractivity contribution is -0.273. The maximum atomic E-state index is 10.6. The lowest BCUT2D eigenvalue weighted by Crippen LogP contribution is -2.58. The van der Waals surface area contributed by atoms with E-state index in [-0.39, 0.29) is 0 Å². The van der Waals surface area contributed by atoms with Crippen molar-refractivity contribution in [3.63, 3.8) is 0 Å². The first-order chi connectivity index (χ1) is 8.26. The Labute approximate surface area is 100 Å². The number of hydrogen-bond donors (Lipinski definition) is 5. The molecule has 0 aromatic heterocycles. The Kier molecular flexibility index (Phi) is 5.05. The summed E-state index contributed by atoms with van der Waals surface area (Å²) in [7, 11) is -4.95. The van der Waals surface area contributed by atoms with E-state index in [4.69, 9.17) is 20.1 Å². The maximum Gasteiger partial charge on any atom is 0.472 e. The van der Waals surface area contributed by atoms with Gasteiger partial charge in [0.15, 0.2) is 6.29 Å². The molecule has 1 fully saturated rings. The third-order valence-corrected chi connectivity index (χ3v) is 2.72. The van der Waals surface area contributed by atoms with E-state index < -0.39 is 45.1 Å². The van der Waals surface area contributed by atoms with Crippen molar-refractivity contribution in [1.29, 1.82) is 0 Å². The topological polar surface area (TPSA) is 185 Å². The molecule has 2 unspecified atom stereocenters. The molecule has 11 nitrogen and oxygen atoms in total. The molecule has 0 aromatic rings. The summed E-state index contributed by atoms with van der Waals surface area (Å²) >= 11 is 0. The van der Waals surface area contributed by atoms with Crippen molar-refractivity contribution in [3.8, 4) is 0 Å². The van der Waals surface area contributed by atoms with Gasteiger partial charge in [0.2, 0.25) is 0 Å². The molecule has 0 aliphatic carbocycles. The second-order valence-electron chi connectivity index (χ2n) is 3.52. The van der Waals surface area contributed by atoms with Gasteiger partial charge < -0.3 is 29.8 Å². The van der Waals surface area contributed by atoms with E-state index >= 15 is 0 Å². The lowest BCUT2D eigenvalue weighted by Gasteiger charge is -2.39. The van der Waals surface area contributed by atoms with Gasteiger partial charge in [0.1, 0.15) is 18.3 Å². The molecule has 0 radical (unpaired) electrons. The molecule has 1 heterocycles. The van der Waals surface area contributed by atoms with Crippen LogP contribution >= 0.6 is 7.82 Å². The molecule has 0 amide bonds. The first kappa shape index (κ1) is 15.3. The van der Waals surface area contributed by atoms with Gasteiger partial charge in [0.25, 0.3) is 0 Å². The number of nitrogens with zero attached hydrogens (tertiary/aromatic N) is 3. The minimum absolute atomic E-state index is 0.400. The van der Waals surface area contributed by atoms with Crippen molar-refractivity contribution in [1.82, 2.24) is 0 Å². The first-order valence-electron chi connectivity index (χ1n) is 4.70. The normalized spacial score (nSPS) is 37.1. The van der Waals surface area contributed by atoms with Crippen LogP contribution in [0, 0.1) is 0 Å². The van der Waals surface area contributed by atoms with Crippen LogP contribution in [0.25, 0.3) is 10.4 Å². The fourth-order valence-electron chi connectivity index (χ4n) is 1.41. The van der Waals surface area contributed by atoms with Gasteiger partial charge in [-0.1, -0.05) is 5.11 Å². The van der Waals surface area contributed by atoms with Gasteiger partial charge in [0.05, 0.1) is 12.6 Å². The highest BCUT2D eigenvalue weighted by molar-refractivity contribution is 7.46. The standard InChI is InChI=1S/C6H12N3O8P/c7-9-8-1-2-3(10)4(11)5(12)6(16-2)17-18(13,14)15/h2-6,10-12H,1H2,(H2,13,14,15)/t2?,3?,4-,5+,6-/m1/s1. The third-order valence-electron chi connectivity index (χ3n) is 2.23. The second-order valence-corrected chi connectivity index (χ2v) is 4.72. The molecule has 104 valence electrons. The number of azide groups is 1. The molecule has 0 bridgehead atoms. The van der Waals surface area contributed by atoms with Crippen molar-refractivity contribution in [2.45, 2.75) is 30.7 Å². The van der Waals surface area contributed by atoms with Crippen LogP contribution in [0.5, 0.6) is 0 Å². The van der Waals surface area contributed by atoms with Gasteiger partial charge in [-0.05, 0) is 5.53 Å². The minimum atomic E-state index is -4.95. The molecular weight excluding hydrogens is 273 g/mol. The van der Waals surface area contributed by atoms with Crippen LogP contribution < -0.4 is 0 Å². The van der Waals surface area contributed by atoms with Crippen molar-refractivity contribution in [2.75, 3.05) is 6.54 Å². The molecule has 18 heavy (non-hydrogen) atoms. The van der Waals surface area contributed by atoms with Crippen molar-refractivity contribution < 1.29 is 38.9 Å². The highest BCUT2D eigenvalue weighted by Crippen LogP contribution is 2.40. The van der Waals surface area contributed by atoms with Crippen LogP contribution in [0.4, 0.5) is 0 Å². The van der Waals surface area contributed by atoms with Crippen molar-refractivity contribution in [3.05, 3.63) is 10.4 Å². The Morgan fingerprint density at radius 1 is 1.28 bits per heavy atom. The Balaban J connectivity index is 2.80. The van der Waals surface area contributed by atoms with Gasteiger partial charge in [-0.2, -0.15) is 0 Å². The summed E-state index contributed by atoms with van der Waals surface area (Å²) in [6.45, 7) is -0.400. The van der Waals surface area contributed by atoms with Crippen LogP contribution in [0.3, 0.4) is 0 Å². The smallest absolute Gasteiger partial charge is 0.388 e. The number of aliphatic hydroxyl groups is 3. The molecule has 0 aromatic carbocycles. The number of aliphatic hydroxyl groups excluding tert-OH is 3. The van der Waals surface area contributed by atoms with Gasteiger partial charge in [0, 0.05) is 4.91 Å². The Bertz CT molecular complexity index is 381. The van der Waals surface area contributed by atoms with E-state index in [0.29, 0.717) is 0 Å². The fraction of sp³-hybridized carbons (Fsp3) is 1.00. The summed E-state index contributed by atoms with van der Waals surface area (Å²) < 4.78 is 19.5. The first-order valence-corrected chi connectivity index (χ1v) is 6.23. The minimum Gasteiger partial charge on any atom is -0.388 e. The Hall–Kier alpha value is -0.740. The van der Waals surface area contributed by atoms with Crippen molar-refractivity contribution in [2.24, 2.45) is 5.11 Å². The largest absolute Gasteiger partial charge is 0.472 e. The zero-order valence-corrected chi connectivity index (χ0v) is 9.74. The maximum absolute atomic E-state index is 10.6. The third kappa shape index (κ3) is 3.89. The summed E-state index contributed by atoms with van der Waals surface area (Å²) in [6.07, 6.45) is -8.29. The average molecular weight is 285 g/mol. The van der Waals surface area contributed by atoms with Gasteiger partial charge in [-0.3, -0.25) is 4.52 Å². The summed E-state index contributed by atoms with van der Waals surface area (Å²) in [5, 5.41) is 31.4. The molecule has 0 saturated carbocycles. The Morgan fingerprint density at radius 2 is 1.89 bits per heavy atom. The predicted octanol–water partition coefficient (Wildman–Crippen LogP) is -1.79. The number of ether oxygens (including phenoxy) is 1. The molecule has 12 heteroatoms. The lowest BCUT2D eigenvalue weighted by atomic mass is 9.99. The van der Waals surface area contributed by atoms with E-state index in [1.54, 1.807) is 0 Å². The molecule has 5 atom stereocenters. The average Bonchev–Trinajstić information content (AvgIpc) is 2.27. The van der Waals surface area contributed by atoms with E-state index in [1.807, 2.05) is 0 Å². The zero-order valence-electron chi connectivity index (χ0n) is 8.84. The Morgan fingerprint density at radius 3 is 2.39 bits per heavy atom. The van der Waals surface area contributed by atoms with Crippen LogP contribution in [-0.2, 0) is 13.8 Å². The second kappa shape index (κ2) is 5.93. The van der Waals surface area contributed by atoms with E-state index in [1.165, 1.54) is 0 Å². The summed E-state index contributed by atoms with van der Waals surface area (Å²) in [4.78, 5) is 19.6. The molecular formula is C6H12N3O8P. The highest BCUT2D eigenvalue weighted by Gasteiger charge is 2.46. The number of phosphoric ester groups is 1. The van der Waals surface area contributed by atoms with Gasteiger partial charge >= 0.3 is 7.82 Å². The van der Waals surface area contributed by atoms with E-state index in [0.717, 1.165) is 0 Å². The summed E-state index contributed by atoms with van der Waals surface area (Å²) in [5.41, 5.74) is 8.11. The number of rotatable bonds is 4. The quantitative estimate of drug-likeness (QED) is 0.173. The SMILES string of the molecule is [N-]=[N+]=NCC1O[C@H](OP(=O)(O)O)[C@@H](O)[C@H](O)C1O. The van der Waals surface area contributed by atoms with Gasteiger partial charge in [-0.25, -0.2) is 4.57 Å². The van der Waals surface area contributed by atoms with Crippen molar-refractivity contribution >= 4 is 7.82 Å². The van der Waals surface area contributed by atoms with Gasteiger partial charge in [-0.15, -0.1) is 0 Å². The molecule has 1 aliphatic rings. The van der Waals surface area contributed by atoms with Crippen LogP contribution in [0.1, 0.15) is 0 Å². The number of phosphoric acid groups is 1. The molecule has 1 aliphatic heterocycles. The molecule has 0 spiro atoms. The van der Waals surface area contributed by atoms with E-state index in [9.17, 15) is 19.9 Å². The molecule has 1 rings (SSSR count). The van der Waals surface area contributed by atoms with E-state index in [2.05, 4.69) is 14.5 Å². The predicted molar refractivity (Wildman–Crippen MR) is 53.8 cm³/mol. The van der Waals surface area contributed by atoms with Crippen LogP contribution in [0.15, 0.2) is 5.11 Å².